The van der Waals surface area contributed by atoms with Gasteiger partial charge in [-0.1, -0.05) is 30.3 Å². The molecule has 0 amide bonds. The first kappa shape index (κ1) is 16.1. The van der Waals surface area contributed by atoms with Crippen LogP contribution >= 0.6 is 0 Å². The Morgan fingerprint density at radius 1 is 1.15 bits per heavy atom. The van der Waals surface area contributed by atoms with Crippen molar-refractivity contribution < 1.29 is 19.1 Å². The zero-order chi connectivity index (χ0) is 15.2. The molecule has 0 aliphatic heterocycles. The predicted octanol–water partition coefficient (Wildman–Crippen LogP) is 2.81. The summed E-state index contributed by atoms with van der Waals surface area (Å²) in [6, 6.07) is 8.60. The Kier molecular flexibility index (Phi) is 5.62. The molecule has 1 rings (SSSR count). The summed E-state index contributed by atoms with van der Waals surface area (Å²) in [5, 5.41) is 0. The molecule has 4 heteroatoms. The van der Waals surface area contributed by atoms with E-state index < -0.39 is 11.4 Å². The van der Waals surface area contributed by atoms with E-state index in [4.69, 9.17) is 4.74 Å². The highest BCUT2D eigenvalue weighted by Crippen LogP contribution is 2.30. The summed E-state index contributed by atoms with van der Waals surface area (Å²) in [4.78, 5) is 35.9. The van der Waals surface area contributed by atoms with Crippen LogP contribution in [0.3, 0.4) is 0 Å². The lowest BCUT2D eigenvalue weighted by molar-refractivity contribution is -0.151. The van der Waals surface area contributed by atoms with Crippen LogP contribution in [-0.4, -0.2) is 24.1 Å². The third-order valence-electron chi connectivity index (χ3n) is 3.24. The predicted molar refractivity (Wildman–Crippen MR) is 75.4 cm³/mol. The number of ether oxygens (including phenoxy) is 1. The molecule has 0 aromatic heterocycles. The maximum atomic E-state index is 12.6. The fourth-order valence-electron chi connectivity index (χ4n) is 1.93. The minimum absolute atomic E-state index is 0.0543. The Hall–Kier alpha value is -1.97. The number of hydrogen-bond donors (Lipinski definition) is 0. The summed E-state index contributed by atoms with van der Waals surface area (Å²) in [6.07, 6.45) is 0.336. The minimum atomic E-state index is -1.32. The van der Waals surface area contributed by atoms with Crippen LogP contribution in [0.5, 0.6) is 0 Å². The first-order valence-electron chi connectivity index (χ1n) is 6.68. The second-order valence-electron chi connectivity index (χ2n) is 4.95. The fraction of sp³-hybridized carbons (Fsp3) is 0.438. The summed E-state index contributed by atoms with van der Waals surface area (Å²) < 4.78 is 5.01. The lowest BCUT2D eigenvalue weighted by Gasteiger charge is -2.25. The number of ketones is 2. The van der Waals surface area contributed by atoms with Gasteiger partial charge in [-0.25, -0.2) is 0 Å². The molecule has 1 atom stereocenters. The van der Waals surface area contributed by atoms with Crippen molar-refractivity contribution in [2.45, 2.75) is 33.6 Å². The van der Waals surface area contributed by atoms with E-state index in [2.05, 4.69) is 0 Å². The van der Waals surface area contributed by atoms with Gasteiger partial charge in [-0.2, -0.15) is 0 Å². The zero-order valence-electron chi connectivity index (χ0n) is 12.1. The Balaban J connectivity index is 3.06. The Labute approximate surface area is 119 Å². The van der Waals surface area contributed by atoms with Crippen LogP contribution in [-0.2, 0) is 14.3 Å². The van der Waals surface area contributed by atoms with E-state index in [1.807, 2.05) is 0 Å². The molecule has 0 fully saturated rings. The van der Waals surface area contributed by atoms with Crippen LogP contribution in [0.4, 0.5) is 0 Å². The summed E-state index contributed by atoms with van der Waals surface area (Å²) in [7, 11) is 0. The molecule has 0 aliphatic carbocycles. The molecule has 0 heterocycles. The van der Waals surface area contributed by atoms with Gasteiger partial charge >= 0.3 is 5.97 Å². The smallest absolute Gasteiger partial charge is 0.319 e. The third kappa shape index (κ3) is 3.76. The normalized spacial score (nSPS) is 13.3. The number of rotatable bonds is 7. The molecule has 1 aromatic carbocycles. The largest absolute Gasteiger partial charge is 0.465 e. The van der Waals surface area contributed by atoms with Gasteiger partial charge in [0.25, 0.3) is 0 Å². The Morgan fingerprint density at radius 2 is 1.75 bits per heavy atom. The van der Waals surface area contributed by atoms with Gasteiger partial charge < -0.3 is 9.53 Å². The molecule has 0 N–H and O–H groups in total. The van der Waals surface area contributed by atoms with E-state index in [9.17, 15) is 14.4 Å². The second-order valence-corrected chi connectivity index (χ2v) is 4.95. The maximum absolute atomic E-state index is 12.6. The van der Waals surface area contributed by atoms with Crippen molar-refractivity contribution in [3.63, 3.8) is 0 Å². The van der Waals surface area contributed by atoms with Gasteiger partial charge in [-0.05, 0) is 27.2 Å². The first-order valence-corrected chi connectivity index (χ1v) is 6.68. The standard InChI is InChI=1S/C16H20O4/c1-4-20-15(19)16(3,11-10-12(2)17)14(18)13-8-6-5-7-9-13/h5-9H,4,10-11H2,1-3H3. The number of Topliss-reactive ketones (excluding diaryl/α,β-unsaturated/α-hetero) is 2. The van der Waals surface area contributed by atoms with E-state index >= 15 is 0 Å². The van der Waals surface area contributed by atoms with Crippen molar-refractivity contribution in [1.29, 1.82) is 0 Å². The van der Waals surface area contributed by atoms with Crippen molar-refractivity contribution in [2.24, 2.45) is 5.41 Å². The van der Waals surface area contributed by atoms with Crippen LogP contribution in [0.1, 0.15) is 44.0 Å². The van der Waals surface area contributed by atoms with Crippen LogP contribution in [0.25, 0.3) is 0 Å². The van der Waals surface area contributed by atoms with E-state index in [1.165, 1.54) is 6.92 Å². The zero-order valence-corrected chi connectivity index (χ0v) is 12.1. The molecule has 0 radical (unpaired) electrons. The summed E-state index contributed by atoms with van der Waals surface area (Å²) >= 11 is 0. The van der Waals surface area contributed by atoms with E-state index in [-0.39, 0.29) is 31.0 Å². The van der Waals surface area contributed by atoms with Crippen molar-refractivity contribution in [3.05, 3.63) is 35.9 Å². The average molecular weight is 276 g/mol. The van der Waals surface area contributed by atoms with Crippen LogP contribution in [0, 0.1) is 5.41 Å². The highest BCUT2D eigenvalue weighted by molar-refractivity contribution is 6.12. The molecule has 1 unspecified atom stereocenters. The second kappa shape index (κ2) is 6.98. The molecule has 0 bridgehead atoms. The van der Waals surface area contributed by atoms with Crippen LogP contribution in [0.15, 0.2) is 30.3 Å². The molecule has 108 valence electrons. The molecule has 0 spiro atoms. The van der Waals surface area contributed by atoms with E-state index in [0.717, 1.165) is 0 Å². The Bertz CT molecular complexity index is 492. The average Bonchev–Trinajstić information content (AvgIpc) is 2.45. The van der Waals surface area contributed by atoms with Crippen molar-refractivity contribution >= 4 is 17.5 Å². The van der Waals surface area contributed by atoms with Gasteiger partial charge in [-0.3, -0.25) is 9.59 Å². The number of carbonyl (C=O) groups is 3. The van der Waals surface area contributed by atoms with Gasteiger partial charge in [0.05, 0.1) is 6.61 Å². The molecule has 1 aromatic rings. The van der Waals surface area contributed by atoms with Gasteiger partial charge in [0.15, 0.2) is 5.78 Å². The number of benzene rings is 1. The lowest BCUT2D eigenvalue weighted by atomic mass is 9.78. The van der Waals surface area contributed by atoms with Gasteiger partial charge in [0, 0.05) is 12.0 Å². The van der Waals surface area contributed by atoms with Crippen LogP contribution < -0.4 is 0 Å². The SMILES string of the molecule is CCOC(=O)C(C)(CCC(C)=O)C(=O)c1ccccc1. The number of esters is 1. The maximum Gasteiger partial charge on any atom is 0.319 e. The molecule has 0 saturated heterocycles. The highest BCUT2D eigenvalue weighted by atomic mass is 16.5. The summed E-state index contributed by atoms with van der Waals surface area (Å²) in [5.74, 6) is -0.936. The third-order valence-corrected chi connectivity index (χ3v) is 3.24. The number of carbonyl (C=O) groups excluding carboxylic acids is 3. The molecular formula is C16H20O4. The van der Waals surface area contributed by atoms with Gasteiger partial charge in [-0.15, -0.1) is 0 Å². The van der Waals surface area contributed by atoms with Crippen molar-refractivity contribution in [2.75, 3.05) is 6.61 Å². The van der Waals surface area contributed by atoms with E-state index in [0.29, 0.717) is 5.56 Å². The van der Waals surface area contributed by atoms with Crippen LogP contribution in [0.2, 0.25) is 0 Å². The minimum Gasteiger partial charge on any atom is -0.465 e. The molecule has 0 saturated carbocycles. The fourth-order valence-corrected chi connectivity index (χ4v) is 1.93. The van der Waals surface area contributed by atoms with Crippen molar-refractivity contribution in [1.82, 2.24) is 0 Å². The quantitative estimate of drug-likeness (QED) is 0.436. The molecule has 20 heavy (non-hydrogen) atoms. The van der Waals surface area contributed by atoms with Gasteiger partial charge in [0.2, 0.25) is 0 Å². The topological polar surface area (TPSA) is 60.4 Å². The molecular weight excluding hydrogens is 256 g/mol. The lowest BCUT2D eigenvalue weighted by Crippen LogP contribution is -2.38. The Morgan fingerprint density at radius 3 is 2.25 bits per heavy atom. The number of hydrogen-bond acceptors (Lipinski definition) is 4. The molecule has 0 aliphatic rings. The molecule has 4 nitrogen and oxygen atoms in total. The van der Waals surface area contributed by atoms with E-state index in [1.54, 1.807) is 44.2 Å². The summed E-state index contributed by atoms with van der Waals surface area (Å²) in [6.45, 7) is 4.88. The summed E-state index contributed by atoms with van der Waals surface area (Å²) in [5.41, 5.74) is -0.866. The van der Waals surface area contributed by atoms with Crippen molar-refractivity contribution in [3.8, 4) is 0 Å². The van der Waals surface area contributed by atoms with Gasteiger partial charge in [0.1, 0.15) is 11.2 Å². The highest BCUT2D eigenvalue weighted by Gasteiger charge is 2.42. The monoisotopic (exact) mass is 276 g/mol. The first-order chi connectivity index (χ1) is 9.41.